The Bertz CT molecular complexity index is 427. The predicted octanol–water partition coefficient (Wildman–Crippen LogP) is 2.24. The molecule has 0 fully saturated rings. The lowest BCUT2D eigenvalue weighted by Crippen LogP contribution is -2.35. The highest BCUT2D eigenvalue weighted by Crippen LogP contribution is 2.26. The van der Waals surface area contributed by atoms with E-state index < -0.39 is 5.91 Å². The molecule has 4 nitrogen and oxygen atoms in total. The molecule has 0 bridgehead atoms. The summed E-state index contributed by atoms with van der Waals surface area (Å²) in [5, 5.41) is 0. The predicted molar refractivity (Wildman–Crippen MR) is 76.7 cm³/mol. The number of nitrogen functional groups attached to an aromatic ring is 1. The van der Waals surface area contributed by atoms with Gasteiger partial charge in [-0.3, -0.25) is 4.79 Å². The van der Waals surface area contributed by atoms with Crippen molar-refractivity contribution in [2.24, 2.45) is 11.7 Å². The zero-order valence-corrected chi connectivity index (χ0v) is 11.6. The molecule has 18 heavy (non-hydrogen) atoms. The molecule has 0 saturated heterocycles. The summed E-state index contributed by atoms with van der Waals surface area (Å²) < 4.78 is 0. The summed E-state index contributed by atoms with van der Waals surface area (Å²) in [6.45, 7) is 9.34. The smallest absolute Gasteiger partial charge is 0.250 e. The first-order valence-electron chi connectivity index (χ1n) is 6.29. The van der Waals surface area contributed by atoms with Gasteiger partial charge in [0.25, 0.3) is 5.91 Å². The lowest BCUT2D eigenvalue weighted by molar-refractivity contribution is 0.100. The average molecular weight is 249 g/mol. The number of amides is 1. The summed E-state index contributed by atoms with van der Waals surface area (Å²) in [4.78, 5) is 13.7. The summed E-state index contributed by atoms with van der Waals surface area (Å²) in [6.07, 6.45) is 0. The molecule has 1 amide bonds. The maximum atomic E-state index is 11.5. The first-order chi connectivity index (χ1) is 8.32. The molecule has 0 spiro atoms. The molecule has 0 aliphatic rings. The number of primary amides is 1. The zero-order chi connectivity index (χ0) is 13.9. The molecule has 1 aromatic rings. The quantitative estimate of drug-likeness (QED) is 0.786. The normalized spacial score (nSPS) is 11.0. The van der Waals surface area contributed by atoms with E-state index in [1.165, 1.54) is 0 Å². The maximum absolute atomic E-state index is 11.5. The Balaban J connectivity index is 3.25. The van der Waals surface area contributed by atoms with Crippen LogP contribution in [-0.4, -0.2) is 18.5 Å². The van der Waals surface area contributed by atoms with E-state index in [0.717, 1.165) is 12.2 Å². The standard InChI is InChI=1S/C14H23N3O/c1-9(2)8-17(10(3)4)13-7-11(15)5-6-12(13)14(16)18/h5-7,9-10H,8,15H2,1-4H3,(H2,16,18). The van der Waals surface area contributed by atoms with Crippen LogP contribution in [-0.2, 0) is 0 Å². The van der Waals surface area contributed by atoms with Crippen LogP contribution in [0.15, 0.2) is 18.2 Å². The van der Waals surface area contributed by atoms with Crippen molar-refractivity contribution in [1.29, 1.82) is 0 Å². The summed E-state index contributed by atoms with van der Waals surface area (Å²) in [7, 11) is 0. The second-order valence-corrected chi connectivity index (χ2v) is 5.28. The fraction of sp³-hybridized carbons (Fsp3) is 0.500. The van der Waals surface area contributed by atoms with Gasteiger partial charge in [-0.15, -0.1) is 0 Å². The van der Waals surface area contributed by atoms with Gasteiger partial charge in [0.05, 0.1) is 11.3 Å². The molecule has 1 rings (SSSR count). The molecule has 0 radical (unpaired) electrons. The lowest BCUT2D eigenvalue weighted by Gasteiger charge is -2.32. The Labute approximate surface area is 109 Å². The van der Waals surface area contributed by atoms with Crippen molar-refractivity contribution < 1.29 is 4.79 Å². The zero-order valence-electron chi connectivity index (χ0n) is 11.6. The van der Waals surface area contributed by atoms with E-state index in [9.17, 15) is 4.79 Å². The van der Waals surface area contributed by atoms with Gasteiger partial charge in [0.2, 0.25) is 0 Å². The van der Waals surface area contributed by atoms with Gasteiger partial charge in [0.15, 0.2) is 0 Å². The maximum Gasteiger partial charge on any atom is 0.250 e. The largest absolute Gasteiger partial charge is 0.399 e. The van der Waals surface area contributed by atoms with Gasteiger partial charge in [0.1, 0.15) is 0 Å². The van der Waals surface area contributed by atoms with Crippen molar-refractivity contribution in [1.82, 2.24) is 0 Å². The van der Waals surface area contributed by atoms with E-state index in [4.69, 9.17) is 11.5 Å². The van der Waals surface area contributed by atoms with Crippen LogP contribution in [0, 0.1) is 5.92 Å². The Hall–Kier alpha value is -1.71. The van der Waals surface area contributed by atoms with E-state index in [1.54, 1.807) is 12.1 Å². The molecule has 4 N–H and O–H groups in total. The Morgan fingerprint density at radius 1 is 1.28 bits per heavy atom. The third kappa shape index (κ3) is 3.39. The van der Waals surface area contributed by atoms with Gasteiger partial charge in [-0.05, 0) is 38.0 Å². The Morgan fingerprint density at radius 3 is 2.33 bits per heavy atom. The fourth-order valence-electron chi connectivity index (χ4n) is 1.98. The topological polar surface area (TPSA) is 72.3 Å². The molecule has 0 aliphatic heterocycles. The molecule has 100 valence electrons. The molecule has 0 saturated carbocycles. The minimum Gasteiger partial charge on any atom is -0.399 e. The SMILES string of the molecule is CC(C)CN(c1cc(N)ccc1C(N)=O)C(C)C. The highest BCUT2D eigenvalue weighted by Gasteiger charge is 2.18. The monoisotopic (exact) mass is 249 g/mol. The molecule has 0 atom stereocenters. The van der Waals surface area contributed by atoms with E-state index >= 15 is 0 Å². The minimum absolute atomic E-state index is 0.285. The molecule has 4 heteroatoms. The van der Waals surface area contributed by atoms with Crippen molar-refractivity contribution in [3.63, 3.8) is 0 Å². The van der Waals surface area contributed by atoms with Crippen molar-refractivity contribution in [2.45, 2.75) is 33.7 Å². The molecule has 1 aromatic carbocycles. The summed E-state index contributed by atoms with van der Waals surface area (Å²) in [6, 6.07) is 5.51. The van der Waals surface area contributed by atoms with Crippen LogP contribution in [0.1, 0.15) is 38.1 Å². The summed E-state index contributed by atoms with van der Waals surface area (Å²) in [5.74, 6) is 0.0777. The second kappa shape index (κ2) is 5.76. The lowest BCUT2D eigenvalue weighted by atomic mass is 10.1. The van der Waals surface area contributed by atoms with Gasteiger partial charge >= 0.3 is 0 Å². The van der Waals surface area contributed by atoms with E-state index in [2.05, 4.69) is 32.6 Å². The fourth-order valence-corrected chi connectivity index (χ4v) is 1.98. The first-order valence-corrected chi connectivity index (χ1v) is 6.29. The van der Waals surface area contributed by atoms with Gasteiger partial charge in [0, 0.05) is 18.3 Å². The third-order valence-corrected chi connectivity index (χ3v) is 2.78. The Kier molecular flexibility index (Phi) is 4.59. The molecule has 0 unspecified atom stereocenters. The van der Waals surface area contributed by atoms with Crippen molar-refractivity contribution >= 4 is 17.3 Å². The summed E-state index contributed by atoms with van der Waals surface area (Å²) in [5.41, 5.74) is 13.2. The van der Waals surface area contributed by atoms with Crippen LogP contribution >= 0.6 is 0 Å². The molecular formula is C14H23N3O. The number of carbonyl (C=O) groups is 1. The number of anilines is 2. The molecular weight excluding hydrogens is 226 g/mol. The molecule has 0 heterocycles. The van der Waals surface area contributed by atoms with Crippen LogP contribution in [0.2, 0.25) is 0 Å². The van der Waals surface area contributed by atoms with Crippen molar-refractivity contribution in [3.05, 3.63) is 23.8 Å². The first kappa shape index (κ1) is 14.4. The number of rotatable bonds is 5. The highest BCUT2D eigenvalue weighted by molar-refractivity contribution is 5.99. The van der Waals surface area contributed by atoms with Gasteiger partial charge < -0.3 is 16.4 Å². The molecule has 0 aromatic heterocycles. The van der Waals surface area contributed by atoms with Crippen LogP contribution in [0.4, 0.5) is 11.4 Å². The van der Waals surface area contributed by atoms with Gasteiger partial charge in [-0.1, -0.05) is 13.8 Å². The highest BCUT2D eigenvalue weighted by atomic mass is 16.1. The number of carbonyl (C=O) groups excluding carboxylic acids is 1. The summed E-state index contributed by atoms with van der Waals surface area (Å²) >= 11 is 0. The number of hydrogen-bond donors (Lipinski definition) is 2. The van der Waals surface area contributed by atoms with E-state index in [1.807, 2.05) is 6.07 Å². The average Bonchev–Trinajstić information content (AvgIpc) is 2.24. The van der Waals surface area contributed by atoms with Crippen LogP contribution in [0.3, 0.4) is 0 Å². The Morgan fingerprint density at radius 2 is 1.89 bits per heavy atom. The van der Waals surface area contributed by atoms with E-state index in [0.29, 0.717) is 17.2 Å². The van der Waals surface area contributed by atoms with Crippen molar-refractivity contribution in [3.8, 4) is 0 Å². The number of benzene rings is 1. The number of nitrogens with two attached hydrogens (primary N) is 2. The second-order valence-electron chi connectivity index (χ2n) is 5.28. The van der Waals surface area contributed by atoms with Gasteiger partial charge in [-0.2, -0.15) is 0 Å². The van der Waals surface area contributed by atoms with Crippen LogP contribution < -0.4 is 16.4 Å². The van der Waals surface area contributed by atoms with Crippen LogP contribution in [0.25, 0.3) is 0 Å². The van der Waals surface area contributed by atoms with E-state index in [-0.39, 0.29) is 6.04 Å². The molecule has 0 aliphatic carbocycles. The number of hydrogen-bond acceptors (Lipinski definition) is 3. The third-order valence-electron chi connectivity index (χ3n) is 2.78. The van der Waals surface area contributed by atoms with Crippen molar-refractivity contribution in [2.75, 3.05) is 17.2 Å². The minimum atomic E-state index is -0.417. The van der Waals surface area contributed by atoms with Gasteiger partial charge in [-0.25, -0.2) is 0 Å². The number of nitrogens with zero attached hydrogens (tertiary/aromatic N) is 1. The van der Waals surface area contributed by atoms with Crippen LogP contribution in [0.5, 0.6) is 0 Å².